The van der Waals surface area contributed by atoms with E-state index in [0.29, 0.717) is 11.2 Å². The molecule has 4 rings (SSSR count). The molecule has 3 atom stereocenters. The number of nitrogens with zero attached hydrogens (tertiary/aromatic N) is 7. The van der Waals surface area contributed by atoms with Crippen molar-refractivity contribution in [3.63, 3.8) is 0 Å². The first-order valence-electron chi connectivity index (χ1n) is 6.04. The maximum Gasteiger partial charge on any atom is 0.165 e. The lowest BCUT2D eigenvalue weighted by atomic mass is 10.2. The molecule has 0 spiro atoms. The summed E-state index contributed by atoms with van der Waals surface area (Å²) in [6.07, 6.45) is 3.35. The number of aliphatic hydroxyl groups is 2. The number of aliphatic hydroxyl groups excluding tert-OH is 2. The summed E-state index contributed by atoms with van der Waals surface area (Å²) in [7, 11) is 0. The van der Waals surface area contributed by atoms with Crippen molar-refractivity contribution in [2.75, 3.05) is 6.61 Å². The van der Waals surface area contributed by atoms with Crippen LogP contribution in [0.2, 0.25) is 0 Å². The molecule has 11 heteroatoms. The molecule has 1 aliphatic rings. The van der Waals surface area contributed by atoms with Gasteiger partial charge in [0.15, 0.2) is 18.2 Å². The van der Waals surface area contributed by atoms with Gasteiger partial charge in [-0.25, -0.2) is 15.0 Å². The third kappa shape index (κ3) is 2.69. The Balaban J connectivity index is 0.000000225. The van der Waals surface area contributed by atoms with Gasteiger partial charge < -0.3 is 14.9 Å². The molecule has 1 aliphatic heterocycles. The first-order valence-corrected chi connectivity index (χ1v) is 6.04. The molecule has 4 heterocycles. The number of tetrazole rings is 1. The second-order valence-electron chi connectivity index (χ2n) is 4.23. The Kier molecular flexibility index (Phi) is 3.77. The van der Waals surface area contributed by atoms with Gasteiger partial charge in [-0.15, -0.1) is 10.2 Å². The van der Waals surface area contributed by atoms with Crippen LogP contribution >= 0.6 is 0 Å². The Morgan fingerprint density at radius 2 is 2.19 bits per heavy atom. The Morgan fingerprint density at radius 3 is 2.81 bits per heavy atom. The average molecular weight is 292 g/mol. The van der Waals surface area contributed by atoms with Gasteiger partial charge in [-0.05, 0) is 0 Å². The standard InChI is InChI=1S/C9H10N4O3.CH2N4/c14-6-2-16-9(7(6)15)13-4-12-5-1-10-3-11-8(5)13;1-2-4-5-3-1/h1,3-4,6-7,9,14-15H,2H2;1H,(H,2,3,4,5). The zero-order valence-electron chi connectivity index (χ0n) is 10.7. The van der Waals surface area contributed by atoms with E-state index in [2.05, 4.69) is 35.6 Å². The fourth-order valence-electron chi connectivity index (χ4n) is 1.93. The highest BCUT2D eigenvalue weighted by Crippen LogP contribution is 2.26. The van der Waals surface area contributed by atoms with Crippen molar-refractivity contribution in [1.29, 1.82) is 0 Å². The van der Waals surface area contributed by atoms with E-state index in [9.17, 15) is 10.2 Å². The Morgan fingerprint density at radius 1 is 1.29 bits per heavy atom. The van der Waals surface area contributed by atoms with Crippen LogP contribution in [0.15, 0.2) is 25.2 Å². The monoisotopic (exact) mass is 292 g/mol. The maximum atomic E-state index is 9.72. The molecular formula is C10H12N8O3. The molecule has 0 saturated carbocycles. The van der Waals surface area contributed by atoms with Crippen LogP contribution in [0.5, 0.6) is 0 Å². The van der Waals surface area contributed by atoms with E-state index in [1.165, 1.54) is 19.0 Å². The van der Waals surface area contributed by atoms with Crippen LogP contribution in [0.3, 0.4) is 0 Å². The highest BCUT2D eigenvalue weighted by Gasteiger charge is 2.36. The van der Waals surface area contributed by atoms with Crippen LogP contribution in [0, 0.1) is 0 Å². The van der Waals surface area contributed by atoms with Gasteiger partial charge in [-0.2, -0.15) is 5.21 Å². The van der Waals surface area contributed by atoms with Crippen LogP contribution in [-0.2, 0) is 4.74 Å². The molecule has 3 N–H and O–H groups in total. The molecule has 21 heavy (non-hydrogen) atoms. The van der Waals surface area contributed by atoms with Crippen molar-refractivity contribution in [3.05, 3.63) is 25.2 Å². The van der Waals surface area contributed by atoms with Crippen LogP contribution < -0.4 is 0 Å². The van der Waals surface area contributed by atoms with Crippen molar-refractivity contribution in [3.8, 4) is 0 Å². The van der Waals surface area contributed by atoms with E-state index in [1.807, 2.05) is 0 Å². The molecule has 3 aromatic rings. The van der Waals surface area contributed by atoms with Crippen molar-refractivity contribution in [1.82, 2.24) is 40.1 Å². The van der Waals surface area contributed by atoms with Gasteiger partial charge >= 0.3 is 0 Å². The molecule has 3 unspecified atom stereocenters. The first kappa shape index (κ1) is 13.5. The summed E-state index contributed by atoms with van der Waals surface area (Å²) in [4.78, 5) is 12.0. The Hall–Kier alpha value is -2.50. The number of ether oxygens (including phenoxy) is 1. The van der Waals surface area contributed by atoms with E-state index < -0.39 is 18.4 Å². The molecular weight excluding hydrogens is 280 g/mol. The molecule has 1 saturated heterocycles. The van der Waals surface area contributed by atoms with Crippen molar-refractivity contribution >= 4 is 11.2 Å². The Labute approximate surface area is 117 Å². The van der Waals surface area contributed by atoms with Gasteiger partial charge in [-0.3, -0.25) is 4.57 Å². The quantitative estimate of drug-likeness (QED) is 0.476. The molecule has 0 aromatic carbocycles. The predicted octanol–water partition coefficient (Wildman–Crippen LogP) is -1.72. The molecule has 0 amide bonds. The molecule has 0 bridgehead atoms. The van der Waals surface area contributed by atoms with Gasteiger partial charge in [0.1, 0.15) is 24.1 Å². The summed E-state index contributed by atoms with van der Waals surface area (Å²) in [6.45, 7) is 0.108. The lowest BCUT2D eigenvalue weighted by molar-refractivity contribution is -0.0162. The lowest BCUT2D eigenvalue weighted by Crippen LogP contribution is -2.28. The van der Waals surface area contributed by atoms with Crippen molar-refractivity contribution < 1.29 is 14.9 Å². The fourth-order valence-corrected chi connectivity index (χ4v) is 1.93. The summed E-state index contributed by atoms with van der Waals surface area (Å²) in [6, 6.07) is 0. The second kappa shape index (κ2) is 5.87. The van der Waals surface area contributed by atoms with Crippen LogP contribution in [0.25, 0.3) is 11.2 Å². The minimum absolute atomic E-state index is 0.108. The number of aromatic nitrogens is 8. The highest BCUT2D eigenvalue weighted by atomic mass is 16.5. The third-order valence-corrected chi connectivity index (χ3v) is 2.91. The zero-order chi connectivity index (χ0) is 14.7. The number of hydrogen-bond acceptors (Lipinski definition) is 9. The van der Waals surface area contributed by atoms with Crippen LogP contribution in [0.4, 0.5) is 0 Å². The number of aromatic amines is 1. The number of rotatable bonds is 1. The van der Waals surface area contributed by atoms with Gasteiger partial charge in [0.2, 0.25) is 0 Å². The van der Waals surface area contributed by atoms with E-state index >= 15 is 0 Å². The zero-order valence-corrected chi connectivity index (χ0v) is 10.7. The minimum Gasteiger partial charge on any atom is -0.388 e. The van der Waals surface area contributed by atoms with Crippen molar-refractivity contribution in [2.24, 2.45) is 0 Å². The van der Waals surface area contributed by atoms with E-state index in [-0.39, 0.29) is 6.61 Å². The van der Waals surface area contributed by atoms with Gasteiger partial charge in [0, 0.05) is 0 Å². The summed E-state index contributed by atoms with van der Waals surface area (Å²) in [5.41, 5.74) is 1.20. The van der Waals surface area contributed by atoms with E-state index in [0.717, 1.165) is 0 Å². The first-order chi connectivity index (χ1) is 10.3. The van der Waals surface area contributed by atoms with Gasteiger partial charge in [-0.1, -0.05) is 5.21 Å². The SMILES string of the molecule is OC1COC(n2cnc3cncnc32)C1O.c1nn[nH]n1. The van der Waals surface area contributed by atoms with Gasteiger partial charge in [0.05, 0.1) is 19.1 Å². The molecule has 3 aromatic heterocycles. The van der Waals surface area contributed by atoms with Crippen molar-refractivity contribution in [2.45, 2.75) is 18.4 Å². The van der Waals surface area contributed by atoms with E-state index in [4.69, 9.17) is 4.74 Å². The molecule has 1 fully saturated rings. The number of fused-ring (bicyclic) bond motifs is 1. The van der Waals surface area contributed by atoms with E-state index in [1.54, 1.807) is 10.8 Å². The third-order valence-electron chi connectivity index (χ3n) is 2.91. The molecule has 110 valence electrons. The number of hydrogen-bond donors (Lipinski definition) is 3. The van der Waals surface area contributed by atoms with Crippen LogP contribution in [-0.4, -0.2) is 69.2 Å². The normalized spacial score (nSPS) is 24.8. The number of imidazole rings is 1. The second-order valence-corrected chi connectivity index (χ2v) is 4.23. The molecule has 0 radical (unpaired) electrons. The lowest BCUT2D eigenvalue weighted by Gasteiger charge is -2.16. The summed E-state index contributed by atoms with van der Waals surface area (Å²) < 4.78 is 6.89. The minimum atomic E-state index is -0.965. The average Bonchev–Trinajstić information content (AvgIpc) is 3.24. The van der Waals surface area contributed by atoms with Crippen LogP contribution in [0.1, 0.15) is 6.23 Å². The fraction of sp³-hybridized carbons (Fsp3) is 0.400. The smallest absolute Gasteiger partial charge is 0.165 e. The molecule has 11 nitrogen and oxygen atoms in total. The predicted molar refractivity (Wildman–Crippen MR) is 66.5 cm³/mol. The Bertz CT molecular complexity index is 669. The topological polar surface area (TPSA) is 148 Å². The van der Waals surface area contributed by atoms with Gasteiger partial charge in [0.25, 0.3) is 0 Å². The maximum absolute atomic E-state index is 9.72. The number of H-pyrrole nitrogens is 1. The number of nitrogens with one attached hydrogen (secondary N) is 1. The summed E-state index contributed by atoms with van der Waals surface area (Å²) in [5.74, 6) is 0. The largest absolute Gasteiger partial charge is 0.388 e. The molecule has 0 aliphatic carbocycles. The summed E-state index contributed by atoms with van der Waals surface area (Å²) >= 11 is 0. The highest BCUT2D eigenvalue weighted by molar-refractivity contribution is 5.68. The summed E-state index contributed by atoms with van der Waals surface area (Å²) in [5, 5.41) is 31.3.